The van der Waals surface area contributed by atoms with Crippen molar-refractivity contribution >= 4 is 0 Å². The average molecular weight is 181 g/mol. The first-order valence-electron chi connectivity index (χ1n) is 4.82. The molecule has 68 valence electrons. The maximum Gasteiger partial charge on any atom is 0.0564 e. The summed E-state index contributed by atoms with van der Waals surface area (Å²) in [6, 6.07) is 16.9. The van der Waals surface area contributed by atoms with Gasteiger partial charge in [-0.1, -0.05) is 48.5 Å². The lowest BCUT2D eigenvalue weighted by atomic mass is 10.1. The van der Waals surface area contributed by atoms with Crippen molar-refractivity contribution in [3.05, 3.63) is 59.7 Å². The molecule has 1 nitrogen and oxygen atoms in total. The van der Waals surface area contributed by atoms with Crippen LogP contribution in [0.5, 0.6) is 0 Å². The minimum absolute atomic E-state index is 0.181. The molecule has 0 spiro atoms. The van der Waals surface area contributed by atoms with E-state index in [1.807, 2.05) is 6.07 Å². The number of nitrogens with two attached hydrogens (primary N) is 1. The quantitative estimate of drug-likeness (QED) is 0.719. The first-order chi connectivity index (χ1) is 6.88. The third-order valence-electron chi connectivity index (χ3n) is 2.79. The fourth-order valence-electron chi connectivity index (χ4n) is 1.98. The van der Waals surface area contributed by atoms with Crippen LogP contribution in [0.4, 0.5) is 0 Å². The fourth-order valence-corrected chi connectivity index (χ4v) is 1.98. The Morgan fingerprint density at radius 3 is 2.43 bits per heavy atom. The molecular formula is C13H11N. The molecule has 0 saturated heterocycles. The van der Waals surface area contributed by atoms with Gasteiger partial charge in [0.15, 0.2) is 0 Å². The van der Waals surface area contributed by atoms with E-state index < -0.39 is 0 Å². The standard InChI is InChI=1S/C13H11N/c14-13-11-8-4-7-10(12(11)13)9-5-2-1-3-6-9/h1-8,13H,14H2. The van der Waals surface area contributed by atoms with E-state index in [2.05, 4.69) is 42.5 Å². The van der Waals surface area contributed by atoms with Gasteiger partial charge in [-0.2, -0.15) is 0 Å². The molecule has 2 aromatic carbocycles. The zero-order chi connectivity index (χ0) is 9.54. The van der Waals surface area contributed by atoms with Gasteiger partial charge in [-0.15, -0.1) is 0 Å². The molecule has 0 aromatic heterocycles. The van der Waals surface area contributed by atoms with Gasteiger partial charge in [0.05, 0.1) is 6.04 Å². The zero-order valence-electron chi connectivity index (χ0n) is 7.77. The largest absolute Gasteiger partial charge is 0.320 e. The zero-order valence-corrected chi connectivity index (χ0v) is 7.77. The molecule has 0 amide bonds. The summed E-state index contributed by atoms with van der Waals surface area (Å²) in [5.41, 5.74) is 11.1. The first-order valence-corrected chi connectivity index (χ1v) is 4.82. The van der Waals surface area contributed by atoms with Crippen molar-refractivity contribution in [2.24, 2.45) is 5.73 Å². The second kappa shape index (κ2) is 2.69. The predicted octanol–water partition coefficient (Wildman–Crippen LogP) is 2.72. The second-order valence-corrected chi connectivity index (χ2v) is 3.65. The molecule has 1 heteroatoms. The molecule has 0 aliphatic heterocycles. The molecule has 1 unspecified atom stereocenters. The minimum atomic E-state index is 0.181. The Morgan fingerprint density at radius 1 is 0.857 bits per heavy atom. The maximum absolute atomic E-state index is 5.93. The molecular weight excluding hydrogens is 170 g/mol. The van der Waals surface area contributed by atoms with Crippen molar-refractivity contribution in [1.29, 1.82) is 0 Å². The Labute approximate surface area is 83.2 Å². The van der Waals surface area contributed by atoms with E-state index in [1.54, 1.807) is 0 Å². The number of hydrogen-bond acceptors (Lipinski definition) is 1. The Bertz CT molecular complexity index is 474. The van der Waals surface area contributed by atoms with Crippen LogP contribution in [0.25, 0.3) is 11.1 Å². The Balaban J connectivity index is 2.16. The van der Waals surface area contributed by atoms with Crippen molar-refractivity contribution in [2.45, 2.75) is 6.04 Å². The first kappa shape index (κ1) is 7.77. The van der Waals surface area contributed by atoms with E-state index in [0.717, 1.165) is 0 Å². The van der Waals surface area contributed by atoms with Gasteiger partial charge >= 0.3 is 0 Å². The van der Waals surface area contributed by atoms with E-state index in [0.29, 0.717) is 0 Å². The van der Waals surface area contributed by atoms with Gasteiger partial charge in [-0.05, 0) is 22.3 Å². The lowest BCUT2D eigenvalue weighted by molar-refractivity contribution is 1.07. The molecule has 2 N–H and O–H groups in total. The van der Waals surface area contributed by atoms with Crippen molar-refractivity contribution in [1.82, 2.24) is 0 Å². The van der Waals surface area contributed by atoms with Crippen LogP contribution in [0, 0.1) is 0 Å². The normalized spacial score (nSPS) is 17.6. The molecule has 14 heavy (non-hydrogen) atoms. The van der Waals surface area contributed by atoms with E-state index >= 15 is 0 Å². The number of hydrogen-bond donors (Lipinski definition) is 1. The number of fused-ring (bicyclic) bond motifs is 1. The van der Waals surface area contributed by atoms with Gasteiger partial charge < -0.3 is 5.73 Å². The van der Waals surface area contributed by atoms with Crippen LogP contribution in [-0.2, 0) is 0 Å². The highest BCUT2D eigenvalue weighted by Gasteiger charge is 2.31. The van der Waals surface area contributed by atoms with Gasteiger partial charge in [0.2, 0.25) is 0 Å². The molecule has 1 aliphatic rings. The van der Waals surface area contributed by atoms with E-state index in [9.17, 15) is 0 Å². The van der Waals surface area contributed by atoms with Gasteiger partial charge in [0.25, 0.3) is 0 Å². The van der Waals surface area contributed by atoms with Crippen molar-refractivity contribution in [3.8, 4) is 11.1 Å². The predicted molar refractivity (Wildman–Crippen MR) is 57.9 cm³/mol. The minimum Gasteiger partial charge on any atom is -0.320 e. The molecule has 2 aromatic rings. The molecule has 1 aliphatic carbocycles. The van der Waals surface area contributed by atoms with Gasteiger partial charge in [-0.25, -0.2) is 0 Å². The molecule has 0 fully saturated rings. The van der Waals surface area contributed by atoms with Crippen LogP contribution in [-0.4, -0.2) is 0 Å². The van der Waals surface area contributed by atoms with Gasteiger partial charge in [0, 0.05) is 0 Å². The lowest BCUT2D eigenvalue weighted by Crippen LogP contribution is -1.89. The van der Waals surface area contributed by atoms with Crippen LogP contribution in [0.3, 0.4) is 0 Å². The van der Waals surface area contributed by atoms with Crippen LogP contribution < -0.4 is 5.73 Å². The van der Waals surface area contributed by atoms with Crippen LogP contribution in [0.15, 0.2) is 48.5 Å². The number of rotatable bonds is 1. The Hall–Kier alpha value is -1.60. The molecule has 0 bridgehead atoms. The molecule has 0 saturated carbocycles. The molecule has 0 heterocycles. The highest BCUT2D eigenvalue weighted by Crippen LogP contribution is 2.45. The third kappa shape index (κ3) is 0.994. The maximum atomic E-state index is 5.93. The van der Waals surface area contributed by atoms with Gasteiger partial charge in [-0.3, -0.25) is 0 Å². The van der Waals surface area contributed by atoms with Crippen LogP contribution in [0.1, 0.15) is 17.2 Å². The smallest absolute Gasteiger partial charge is 0.0564 e. The Kier molecular flexibility index (Phi) is 1.49. The summed E-state index contributed by atoms with van der Waals surface area (Å²) in [6.45, 7) is 0. The van der Waals surface area contributed by atoms with Crippen molar-refractivity contribution < 1.29 is 0 Å². The van der Waals surface area contributed by atoms with E-state index in [1.165, 1.54) is 22.3 Å². The van der Waals surface area contributed by atoms with Crippen molar-refractivity contribution in [3.63, 3.8) is 0 Å². The summed E-state index contributed by atoms with van der Waals surface area (Å²) in [7, 11) is 0. The van der Waals surface area contributed by atoms with Crippen LogP contribution >= 0.6 is 0 Å². The summed E-state index contributed by atoms with van der Waals surface area (Å²) in [6.07, 6.45) is 0. The highest BCUT2D eigenvalue weighted by atomic mass is 14.7. The molecule has 0 radical (unpaired) electrons. The number of benzene rings is 2. The SMILES string of the molecule is NC1c2cccc(-c3ccccc3)c21. The average Bonchev–Trinajstić information content (AvgIpc) is 2.92. The summed E-state index contributed by atoms with van der Waals surface area (Å²) in [5.74, 6) is 0. The lowest BCUT2D eigenvalue weighted by Gasteiger charge is -1.99. The third-order valence-corrected chi connectivity index (χ3v) is 2.79. The topological polar surface area (TPSA) is 26.0 Å². The second-order valence-electron chi connectivity index (χ2n) is 3.65. The van der Waals surface area contributed by atoms with E-state index in [-0.39, 0.29) is 6.04 Å². The van der Waals surface area contributed by atoms with Crippen LogP contribution in [0.2, 0.25) is 0 Å². The van der Waals surface area contributed by atoms with E-state index in [4.69, 9.17) is 5.73 Å². The monoisotopic (exact) mass is 181 g/mol. The summed E-state index contributed by atoms with van der Waals surface area (Å²) in [5, 5.41) is 0. The summed E-state index contributed by atoms with van der Waals surface area (Å²) in [4.78, 5) is 0. The highest BCUT2D eigenvalue weighted by molar-refractivity contribution is 5.76. The summed E-state index contributed by atoms with van der Waals surface area (Å²) >= 11 is 0. The fraction of sp³-hybridized carbons (Fsp3) is 0.0769. The molecule has 3 rings (SSSR count). The van der Waals surface area contributed by atoms with Crippen molar-refractivity contribution in [2.75, 3.05) is 0 Å². The Morgan fingerprint density at radius 2 is 1.64 bits per heavy atom. The van der Waals surface area contributed by atoms with Gasteiger partial charge in [0.1, 0.15) is 0 Å². The molecule has 1 atom stereocenters. The summed E-state index contributed by atoms with van der Waals surface area (Å²) < 4.78 is 0.